The van der Waals surface area contributed by atoms with E-state index in [1.165, 1.54) is 6.42 Å². The first-order valence-corrected chi connectivity index (χ1v) is 2.92. The van der Waals surface area contributed by atoms with Gasteiger partial charge in [-0.15, -0.1) is 0 Å². The highest BCUT2D eigenvalue weighted by Gasteiger charge is 2.18. The third-order valence-electron chi connectivity index (χ3n) is 1.76. The van der Waals surface area contributed by atoms with Crippen molar-refractivity contribution in [3.05, 3.63) is 0 Å². The predicted molar refractivity (Wildman–Crippen MR) is 29.2 cm³/mol. The van der Waals surface area contributed by atoms with Crippen molar-refractivity contribution in [3.8, 4) is 0 Å². The Kier molecular flexibility index (Phi) is 1.33. The lowest BCUT2D eigenvalue weighted by Crippen LogP contribution is -2.05. The second-order valence-electron chi connectivity index (χ2n) is 2.34. The van der Waals surface area contributed by atoms with Crippen molar-refractivity contribution in [2.24, 2.45) is 5.92 Å². The van der Waals surface area contributed by atoms with E-state index in [1.807, 2.05) is 0 Å². The first kappa shape index (κ1) is 5.10. The van der Waals surface area contributed by atoms with E-state index in [-0.39, 0.29) is 0 Å². The molecule has 1 aliphatic rings. The van der Waals surface area contributed by atoms with Gasteiger partial charge in [0.05, 0.1) is 6.10 Å². The van der Waals surface area contributed by atoms with Crippen molar-refractivity contribution >= 4 is 0 Å². The Morgan fingerprint density at radius 3 is 2.29 bits per heavy atom. The van der Waals surface area contributed by atoms with Crippen molar-refractivity contribution in [2.75, 3.05) is 6.61 Å². The molecule has 0 bridgehead atoms. The van der Waals surface area contributed by atoms with Gasteiger partial charge in [0.15, 0.2) is 0 Å². The van der Waals surface area contributed by atoms with Crippen molar-refractivity contribution in [1.82, 2.24) is 0 Å². The van der Waals surface area contributed by atoms with E-state index in [1.54, 1.807) is 0 Å². The molecule has 0 aromatic carbocycles. The smallest absolute Gasteiger partial charge is 0.0573 e. The lowest BCUT2D eigenvalue weighted by atomic mass is 10.1. The highest BCUT2D eigenvalue weighted by molar-refractivity contribution is 4.66. The lowest BCUT2D eigenvalue weighted by molar-refractivity contribution is 0.109. The molecule has 0 saturated carbocycles. The second kappa shape index (κ2) is 1.83. The molecule has 0 spiro atoms. The average Bonchev–Trinajstić information content (AvgIpc) is 1.91. The molecule has 1 saturated heterocycles. The predicted octanol–water partition coefficient (Wildman–Crippen LogP) is 1.43. The summed E-state index contributed by atoms with van der Waals surface area (Å²) in [5.74, 6) is 0.792. The van der Waals surface area contributed by atoms with Crippen LogP contribution in [0.4, 0.5) is 0 Å². The van der Waals surface area contributed by atoms with Gasteiger partial charge in [-0.05, 0) is 19.3 Å². The van der Waals surface area contributed by atoms with Crippen LogP contribution in [0.2, 0.25) is 0 Å². The van der Waals surface area contributed by atoms with Crippen LogP contribution in [0.15, 0.2) is 0 Å². The molecule has 2 atom stereocenters. The molecule has 1 fully saturated rings. The van der Waals surface area contributed by atoms with Gasteiger partial charge < -0.3 is 4.74 Å². The zero-order chi connectivity index (χ0) is 5.28. The summed E-state index contributed by atoms with van der Waals surface area (Å²) in [6.45, 7) is 5.34. The summed E-state index contributed by atoms with van der Waals surface area (Å²) in [5, 5.41) is 0. The molecule has 1 rings (SSSR count). The van der Waals surface area contributed by atoms with Crippen LogP contribution >= 0.6 is 0 Å². The quantitative estimate of drug-likeness (QED) is 0.447. The summed E-state index contributed by atoms with van der Waals surface area (Å²) in [6, 6.07) is 0. The van der Waals surface area contributed by atoms with Gasteiger partial charge in [-0.3, -0.25) is 0 Å². The molecule has 0 aromatic rings. The lowest BCUT2D eigenvalue weighted by Gasteiger charge is -2.04. The molecule has 1 aliphatic heterocycles. The third kappa shape index (κ3) is 0.942. The van der Waals surface area contributed by atoms with Crippen LogP contribution in [0.1, 0.15) is 20.3 Å². The molecular weight excluding hydrogens is 88.1 g/mol. The van der Waals surface area contributed by atoms with E-state index in [9.17, 15) is 0 Å². The zero-order valence-electron chi connectivity index (χ0n) is 4.98. The van der Waals surface area contributed by atoms with Crippen LogP contribution in [0, 0.1) is 5.92 Å². The van der Waals surface area contributed by atoms with E-state index in [4.69, 9.17) is 4.74 Å². The fourth-order valence-corrected chi connectivity index (χ4v) is 0.839. The first-order valence-electron chi connectivity index (χ1n) is 2.92. The largest absolute Gasteiger partial charge is 0.378 e. The standard InChI is InChI=1S/C6H12O/c1-5-3-4-7-6(5)2/h5-6H,3-4H2,1-2H3. The minimum Gasteiger partial charge on any atom is -0.378 e. The molecular formula is C6H12O. The summed E-state index contributed by atoms with van der Waals surface area (Å²) >= 11 is 0. The van der Waals surface area contributed by atoms with Gasteiger partial charge in [-0.25, -0.2) is 0 Å². The molecule has 0 radical (unpaired) electrons. The molecule has 7 heavy (non-hydrogen) atoms. The Morgan fingerprint density at radius 1 is 1.43 bits per heavy atom. The van der Waals surface area contributed by atoms with Gasteiger partial charge in [0.2, 0.25) is 0 Å². The molecule has 42 valence electrons. The van der Waals surface area contributed by atoms with Gasteiger partial charge in [0, 0.05) is 6.61 Å². The molecule has 1 heterocycles. The third-order valence-corrected chi connectivity index (χ3v) is 1.76. The van der Waals surface area contributed by atoms with E-state index in [0.717, 1.165) is 12.5 Å². The number of ether oxygens (including phenoxy) is 1. The highest BCUT2D eigenvalue weighted by atomic mass is 16.5. The summed E-state index contributed by atoms with van der Waals surface area (Å²) in [6.07, 6.45) is 1.77. The average molecular weight is 100 g/mol. The molecule has 1 heteroatoms. The van der Waals surface area contributed by atoms with Gasteiger partial charge in [0.25, 0.3) is 0 Å². The Balaban J connectivity index is 2.33. The summed E-state index contributed by atoms with van der Waals surface area (Å²) in [5.41, 5.74) is 0. The summed E-state index contributed by atoms with van der Waals surface area (Å²) in [4.78, 5) is 0. The fraction of sp³-hybridized carbons (Fsp3) is 1.00. The van der Waals surface area contributed by atoms with Gasteiger partial charge >= 0.3 is 0 Å². The Morgan fingerprint density at radius 2 is 2.14 bits per heavy atom. The molecule has 0 aromatic heterocycles. The SMILES string of the molecule is CC1CCOC1C. The molecule has 1 nitrogen and oxygen atoms in total. The number of hydrogen-bond donors (Lipinski definition) is 0. The van der Waals surface area contributed by atoms with E-state index < -0.39 is 0 Å². The van der Waals surface area contributed by atoms with Crippen molar-refractivity contribution in [3.63, 3.8) is 0 Å². The molecule has 0 amide bonds. The highest BCUT2D eigenvalue weighted by Crippen LogP contribution is 2.18. The maximum Gasteiger partial charge on any atom is 0.0573 e. The van der Waals surface area contributed by atoms with Crippen LogP contribution in [0.25, 0.3) is 0 Å². The fourth-order valence-electron chi connectivity index (χ4n) is 0.839. The topological polar surface area (TPSA) is 9.23 Å². The second-order valence-corrected chi connectivity index (χ2v) is 2.34. The van der Waals surface area contributed by atoms with E-state index in [0.29, 0.717) is 6.10 Å². The zero-order valence-corrected chi connectivity index (χ0v) is 4.98. The Bertz CT molecular complexity index is 53.2. The summed E-state index contributed by atoms with van der Waals surface area (Å²) < 4.78 is 5.27. The minimum atomic E-state index is 0.514. The van der Waals surface area contributed by atoms with Crippen LogP contribution in [0.5, 0.6) is 0 Å². The Labute approximate surface area is 44.7 Å². The minimum absolute atomic E-state index is 0.514. The number of hydrogen-bond acceptors (Lipinski definition) is 1. The Hall–Kier alpha value is -0.0400. The number of rotatable bonds is 0. The normalized spacial score (nSPS) is 42.0. The molecule has 0 aliphatic carbocycles. The monoisotopic (exact) mass is 100 g/mol. The van der Waals surface area contributed by atoms with E-state index >= 15 is 0 Å². The van der Waals surface area contributed by atoms with Crippen LogP contribution in [-0.4, -0.2) is 12.7 Å². The van der Waals surface area contributed by atoms with Crippen LogP contribution < -0.4 is 0 Å². The van der Waals surface area contributed by atoms with Gasteiger partial charge in [-0.2, -0.15) is 0 Å². The maximum absolute atomic E-state index is 5.27. The summed E-state index contributed by atoms with van der Waals surface area (Å²) in [7, 11) is 0. The van der Waals surface area contributed by atoms with Gasteiger partial charge in [0.1, 0.15) is 0 Å². The first-order chi connectivity index (χ1) is 3.30. The van der Waals surface area contributed by atoms with Gasteiger partial charge in [-0.1, -0.05) is 6.92 Å². The van der Waals surface area contributed by atoms with Crippen molar-refractivity contribution < 1.29 is 4.74 Å². The van der Waals surface area contributed by atoms with E-state index in [2.05, 4.69) is 13.8 Å². The van der Waals surface area contributed by atoms with Crippen molar-refractivity contribution in [2.45, 2.75) is 26.4 Å². The maximum atomic E-state index is 5.27. The molecule has 0 N–H and O–H groups in total. The van der Waals surface area contributed by atoms with Crippen LogP contribution in [0.3, 0.4) is 0 Å². The molecule has 2 unspecified atom stereocenters. The van der Waals surface area contributed by atoms with Crippen molar-refractivity contribution in [1.29, 1.82) is 0 Å². The van der Waals surface area contributed by atoms with Crippen LogP contribution in [-0.2, 0) is 4.74 Å².